The van der Waals surface area contributed by atoms with Crippen LogP contribution in [0, 0.1) is 0 Å². The van der Waals surface area contributed by atoms with E-state index in [2.05, 4.69) is 58.3 Å². The zero-order chi connectivity index (χ0) is 22.9. The van der Waals surface area contributed by atoms with Crippen molar-refractivity contribution in [2.24, 2.45) is 4.99 Å². The molecular weight excluding hydrogens is 414 g/mol. The lowest BCUT2D eigenvalue weighted by Crippen LogP contribution is -2.64. The number of aliphatic imine (C=N–C) groups is 1. The van der Waals surface area contributed by atoms with Gasteiger partial charge in [0.05, 0.1) is 6.54 Å². The number of nitrogens with zero attached hydrogens (tertiary/aromatic N) is 5. The van der Waals surface area contributed by atoms with Crippen molar-refractivity contribution in [2.75, 3.05) is 33.7 Å². The minimum atomic E-state index is -0.454. The van der Waals surface area contributed by atoms with Gasteiger partial charge in [-0.05, 0) is 36.0 Å². The van der Waals surface area contributed by atoms with Gasteiger partial charge in [-0.1, -0.05) is 54.6 Å². The quantitative estimate of drug-likeness (QED) is 0.686. The van der Waals surface area contributed by atoms with Crippen molar-refractivity contribution in [3.8, 4) is 0 Å². The Hall–Kier alpha value is -3.19. The molecule has 3 aliphatic heterocycles. The molecule has 3 heterocycles. The van der Waals surface area contributed by atoms with E-state index in [1.165, 1.54) is 21.6 Å². The van der Waals surface area contributed by atoms with Gasteiger partial charge in [0.2, 0.25) is 0 Å². The summed E-state index contributed by atoms with van der Waals surface area (Å²) in [6, 6.07) is 18.3. The molecule has 0 aliphatic carbocycles. The number of carbonyl (C=O) groups excluding carboxylic acids is 2. The van der Waals surface area contributed by atoms with Gasteiger partial charge in [-0.15, -0.1) is 0 Å². The summed E-state index contributed by atoms with van der Waals surface area (Å²) in [5.74, 6) is 0.756. The molecule has 0 spiro atoms. The van der Waals surface area contributed by atoms with E-state index in [1.54, 1.807) is 19.0 Å². The molecule has 2 unspecified atom stereocenters. The number of carbonyl (C=O) groups is 2. The summed E-state index contributed by atoms with van der Waals surface area (Å²) in [7, 11) is 3.31. The minimum Gasteiger partial charge on any atom is -0.344 e. The van der Waals surface area contributed by atoms with Crippen LogP contribution in [0.25, 0.3) is 0 Å². The summed E-state index contributed by atoms with van der Waals surface area (Å²) >= 11 is 0. The molecule has 0 saturated carbocycles. The summed E-state index contributed by atoms with van der Waals surface area (Å²) in [5.41, 5.74) is 4.06. The number of amides is 3. The number of fused-ring (bicyclic) bond motifs is 2. The largest absolute Gasteiger partial charge is 0.344 e. The van der Waals surface area contributed by atoms with Gasteiger partial charge in [-0.3, -0.25) is 14.6 Å². The van der Waals surface area contributed by atoms with Crippen molar-refractivity contribution >= 4 is 17.8 Å². The van der Waals surface area contributed by atoms with Gasteiger partial charge in [0.25, 0.3) is 5.91 Å². The molecule has 7 heteroatoms. The van der Waals surface area contributed by atoms with Crippen LogP contribution in [0.1, 0.15) is 23.1 Å². The van der Waals surface area contributed by atoms with Crippen LogP contribution in [-0.2, 0) is 24.2 Å². The third kappa shape index (κ3) is 4.13. The molecule has 5 rings (SSSR count). The molecular formula is C26H31N5O2. The maximum absolute atomic E-state index is 13.2. The first-order valence-corrected chi connectivity index (χ1v) is 11.7. The Morgan fingerprint density at radius 2 is 1.70 bits per heavy atom. The Bertz CT molecular complexity index is 1070. The molecule has 2 atom stereocenters. The second-order valence-electron chi connectivity index (χ2n) is 9.21. The lowest BCUT2D eigenvalue weighted by Gasteiger charge is -2.40. The summed E-state index contributed by atoms with van der Waals surface area (Å²) in [5, 5.41) is 0. The molecule has 1 fully saturated rings. The molecule has 2 aromatic rings. The van der Waals surface area contributed by atoms with Crippen molar-refractivity contribution in [1.82, 2.24) is 19.6 Å². The number of hydrogen-bond donors (Lipinski definition) is 0. The van der Waals surface area contributed by atoms with Gasteiger partial charge in [-0.25, -0.2) is 9.79 Å². The number of benzene rings is 2. The molecule has 0 aromatic heterocycles. The van der Waals surface area contributed by atoms with Crippen molar-refractivity contribution in [3.05, 3.63) is 71.3 Å². The molecule has 2 aromatic carbocycles. The number of hydrogen-bond acceptors (Lipinski definition) is 5. The van der Waals surface area contributed by atoms with Crippen LogP contribution < -0.4 is 0 Å². The maximum atomic E-state index is 13.2. The summed E-state index contributed by atoms with van der Waals surface area (Å²) in [6.07, 6.45) is 2.43. The van der Waals surface area contributed by atoms with Crippen molar-refractivity contribution in [1.29, 1.82) is 0 Å². The zero-order valence-corrected chi connectivity index (χ0v) is 19.4. The number of imide groups is 1. The van der Waals surface area contributed by atoms with E-state index in [1.807, 2.05) is 6.07 Å². The summed E-state index contributed by atoms with van der Waals surface area (Å²) < 4.78 is 0. The van der Waals surface area contributed by atoms with E-state index in [0.29, 0.717) is 6.54 Å². The van der Waals surface area contributed by atoms with Crippen LogP contribution in [0.3, 0.4) is 0 Å². The zero-order valence-electron chi connectivity index (χ0n) is 19.4. The predicted octanol–water partition coefficient (Wildman–Crippen LogP) is 2.61. The third-order valence-corrected chi connectivity index (χ3v) is 7.08. The van der Waals surface area contributed by atoms with E-state index in [-0.39, 0.29) is 11.9 Å². The highest BCUT2D eigenvalue weighted by atomic mass is 16.2. The molecule has 1 saturated heterocycles. The highest BCUT2D eigenvalue weighted by Gasteiger charge is 2.50. The van der Waals surface area contributed by atoms with E-state index < -0.39 is 12.2 Å². The van der Waals surface area contributed by atoms with E-state index in [0.717, 1.165) is 44.7 Å². The van der Waals surface area contributed by atoms with E-state index >= 15 is 0 Å². The van der Waals surface area contributed by atoms with Crippen LogP contribution in [-0.4, -0.2) is 83.3 Å². The monoisotopic (exact) mass is 445 g/mol. The number of rotatable bonds is 6. The first kappa shape index (κ1) is 21.6. The first-order valence-electron chi connectivity index (χ1n) is 11.7. The average molecular weight is 446 g/mol. The number of likely N-dealkylation sites (N-methyl/N-ethyl adjacent to an activating group) is 2. The Kier molecular flexibility index (Phi) is 5.89. The molecule has 3 amide bonds. The van der Waals surface area contributed by atoms with Crippen molar-refractivity contribution in [3.63, 3.8) is 0 Å². The number of amidine groups is 1. The molecule has 0 radical (unpaired) electrons. The molecule has 7 nitrogen and oxygen atoms in total. The Morgan fingerprint density at radius 3 is 2.48 bits per heavy atom. The van der Waals surface area contributed by atoms with Gasteiger partial charge in [0.1, 0.15) is 5.84 Å². The van der Waals surface area contributed by atoms with Gasteiger partial charge in [0.15, 0.2) is 12.2 Å². The van der Waals surface area contributed by atoms with Gasteiger partial charge < -0.3 is 9.80 Å². The molecule has 172 valence electrons. The first-order chi connectivity index (χ1) is 16.0. The fourth-order valence-electron chi connectivity index (χ4n) is 5.21. The van der Waals surface area contributed by atoms with Crippen LogP contribution in [0.5, 0.6) is 0 Å². The number of aryl methyl sites for hydroxylation is 1. The van der Waals surface area contributed by atoms with Gasteiger partial charge in [-0.2, -0.15) is 0 Å². The smallest absolute Gasteiger partial charge is 0.328 e. The van der Waals surface area contributed by atoms with Crippen LogP contribution in [0.4, 0.5) is 4.79 Å². The van der Waals surface area contributed by atoms with Crippen LogP contribution in [0.15, 0.2) is 59.6 Å². The third-order valence-electron chi connectivity index (χ3n) is 7.08. The Morgan fingerprint density at radius 1 is 0.970 bits per heavy atom. The lowest BCUT2D eigenvalue weighted by molar-refractivity contribution is -0.136. The van der Waals surface area contributed by atoms with E-state index in [9.17, 15) is 9.59 Å². The van der Waals surface area contributed by atoms with Crippen molar-refractivity contribution in [2.45, 2.75) is 38.0 Å². The normalized spacial score (nSPS) is 23.0. The van der Waals surface area contributed by atoms with E-state index in [4.69, 9.17) is 4.99 Å². The summed E-state index contributed by atoms with van der Waals surface area (Å²) in [6.45, 7) is 3.27. The fraction of sp³-hybridized carbons (Fsp3) is 0.423. The van der Waals surface area contributed by atoms with Gasteiger partial charge >= 0.3 is 6.03 Å². The van der Waals surface area contributed by atoms with Crippen LogP contribution >= 0.6 is 0 Å². The molecule has 33 heavy (non-hydrogen) atoms. The van der Waals surface area contributed by atoms with Gasteiger partial charge in [0, 0.05) is 33.7 Å². The molecule has 3 aliphatic rings. The minimum absolute atomic E-state index is 0.162. The Labute approximate surface area is 195 Å². The van der Waals surface area contributed by atoms with Crippen molar-refractivity contribution < 1.29 is 9.59 Å². The molecule has 0 bridgehead atoms. The summed E-state index contributed by atoms with van der Waals surface area (Å²) in [4.78, 5) is 38.1. The predicted molar refractivity (Wildman–Crippen MR) is 128 cm³/mol. The Balaban J connectivity index is 1.35. The lowest BCUT2D eigenvalue weighted by atomic mass is 10.00. The molecule has 0 N–H and O–H groups in total. The topological polar surface area (TPSA) is 59.5 Å². The fourth-order valence-corrected chi connectivity index (χ4v) is 5.21. The van der Waals surface area contributed by atoms with Crippen LogP contribution in [0.2, 0.25) is 0 Å². The second-order valence-corrected chi connectivity index (χ2v) is 9.21. The number of urea groups is 1. The highest BCUT2D eigenvalue weighted by molar-refractivity contribution is 6.04. The standard InChI is InChI=1S/C26H31N5O2/c1-28-24-23(25(32)29(2)26(28)33)31(15-8-11-19-9-4-3-5-10-19)22(27-24)18-30-16-14-20-12-6-7-13-21(20)17-30/h3-7,9-10,12-13,23-24H,8,11,14-18H2,1-2H3. The second kappa shape index (κ2) is 8.98. The SMILES string of the molecule is CN1C(=O)C2C(N=C(CN3CCc4ccccc4C3)N2CCCc2ccccc2)N(C)C1=O. The average Bonchev–Trinajstić information content (AvgIpc) is 3.20. The maximum Gasteiger partial charge on any atom is 0.328 e. The highest BCUT2D eigenvalue weighted by Crippen LogP contribution is 2.28.